The van der Waals surface area contributed by atoms with Gasteiger partial charge in [0.05, 0.1) is 11.1 Å². The van der Waals surface area contributed by atoms with Crippen molar-refractivity contribution in [3.63, 3.8) is 0 Å². The summed E-state index contributed by atoms with van der Waals surface area (Å²) in [6, 6.07) is 3.81. The van der Waals surface area contributed by atoms with Gasteiger partial charge in [-0.25, -0.2) is 0 Å². The third kappa shape index (κ3) is 2.56. The number of anilines is 1. The van der Waals surface area contributed by atoms with Gasteiger partial charge in [-0.15, -0.1) is 11.3 Å². The molecule has 0 radical (unpaired) electrons. The fourth-order valence-corrected chi connectivity index (χ4v) is 3.67. The normalized spacial score (nSPS) is 18.1. The number of aromatic amines is 1. The standard InChI is InChI=1S/C14H17N3OS/c1-2-9-3-4-11-10(7-9)8-12(19-11)14(18)16-13-5-6-15-17-13/h5-6,8-9H,2-4,7H2,1H3,(H2,15,16,17,18). The third-order valence-electron chi connectivity index (χ3n) is 3.73. The van der Waals surface area contributed by atoms with Crippen molar-refractivity contribution < 1.29 is 4.79 Å². The van der Waals surface area contributed by atoms with Crippen LogP contribution < -0.4 is 5.32 Å². The van der Waals surface area contributed by atoms with E-state index < -0.39 is 0 Å². The number of nitrogens with one attached hydrogen (secondary N) is 2. The number of aromatic nitrogens is 2. The van der Waals surface area contributed by atoms with E-state index in [0.29, 0.717) is 5.82 Å². The first kappa shape index (κ1) is 12.4. The summed E-state index contributed by atoms with van der Waals surface area (Å²) in [5.74, 6) is 1.38. The van der Waals surface area contributed by atoms with Crippen LogP contribution in [0.25, 0.3) is 0 Å². The molecule has 0 spiro atoms. The minimum absolute atomic E-state index is 0.0447. The minimum Gasteiger partial charge on any atom is -0.306 e. The Bertz CT molecular complexity index is 574. The Morgan fingerprint density at radius 2 is 2.53 bits per heavy atom. The highest BCUT2D eigenvalue weighted by molar-refractivity contribution is 7.14. The number of rotatable bonds is 3. The van der Waals surface area contributed by atoms with E-state index >= 15 is 0 Å². The van der Waals surface area contributed by atoms with E-state index in [-0.39, 0.29) is 5.91 Å². The van der Waals surface area contributed by atoms with Crippen molar-refractivity contribution in [2.75, 3.05) is 5.32 Å². The number of hydrogen-bond acceptors (Lipinski definition) is 3. The second-order valence-corrected chi connectivity index (χ2v) is 6.14. The van der Waals surface area contributed by atoms with E-state index in [9.17, 15) is 4.79 Å². The SMILES string of the molecule is CCC1CCc2sc(C(=O)Nc3ccn[nH]3)cc2C1. The molecule has 5 heteroatoms. The van der Waals surface area contributed by atoms with E-state index in [1.54, 1.807) is 23.6 Å². The van der Waals surface area contributed by atoms with Crippen molar-refractivity contribution in [3.8, 4) is 0 Å². The van der Waals surface area contributed by atoms with Gasteiger partial charge in [-0.05, 0) is 36.8 Å². The van der Waals surface area contributed by atoms with E-state index in [1.807, 2.05) is 0 Å². The van der Waals surface area contributed by atoms with Gasteiger partial charge in [-0.3, -0.25) is 9.89 Å². The first-order valence-electron chi connectivity index (χ1n) is 6.68. The zero-order valence-electron chi connectivity index (χ0n) is 10.9. The maximum Gasteiger partial charge on any atom is 0.266 e. The number of carbonyl (C=O) groups is 1. The molecule has 0 bridgehead atoms. The van der Waals surface area contributed by atoms with Crippen LogP contribution in [0.15, 0.2) is 18.3 Å². The van der Waals surface area contributed by atoms with E-state index in [2.05, 4.69) is 28.5 Å². The van der Waals surface area contributed by atoms with Gasteiger partial charge >= 0.3 is 0 Å². The zero-order valence-corrected chi connectivity index (χ0v) is 11.7. The highest BCUT2D eigenvalue weighted by Crippen LogP contribution is 2.33. The Balaban J connectivity index is 1.76. The van der Waals surface area contributed by atoms with Gasteiger partial charge < -0.3 is 5.32 Å². The summed E-state index contributed by atoms with van der Waals surface area (Å²) >= 11 is 1.63. The average Bonchev–Trinajstić information content (AvgIpc) is 3.05. The summed E-state index contributed by atoms with van der Waals surface area (Å²) in [6.45, 7) is 2.24. The van der Waals surface area contributed by atoms with E-state index in [1.165, 1.54) is 23.3 Å². The first-order chi connectivity index (χ1) is 9.26. The Morgan fingerprint density at radius 3 is 3.26 bits per heavy atom. The quantitative estimate of drug-likeness (QED) is 0.903. The Labute approximate surface area is 116 Å². The van der Waals surface area contributed by atoms with Crippen LogP contribution in [-0.2, 0) is 12.8 Å². The van der Waals surface area contributed by atoms with Crippen LogP contribution in [0, 0.1) is 5.92 Å². The molecular formula is C14H17N3OS. The summed E-state index contributed by atoms with van der Waals surface area (Å²) in [4.78, 5) is 14.3. The molecule has 4 nitrogen and oxygen atoms in total. The highest BCUT2D eigenvalue weighted by atomic mass is 32.1. The predicted octanol–water partition coefficient (Wildman–Crippen LogP) is 3.24. The number of aryl methyl sites for hydroxylation is 1. The number of thiophene rings is 1. The van der Waals surface area contributed by atoms with Crippen molar-refractivity contribution in [1.29, 1.82) is 0 Å². The lowest BCUT2D eigenvalue weighted by Crippen LogP contribution is -2.11. The Morgan fingerprint density at radius 1 is 1.63 bits per heavy atom. The number of carbonyl (C=O) groups excluding carboxylic acids is 1. The largest absolute Gasteiger partial charge is 0.306 e. The lowest BCUT2D eigenvalue weighted by Gasteiger charge is -2.19. The van der Waals surface area contributed by atoms with Gasteiger partial charge in [0.1, 0.15) is 5.82 Å². The minimum atomic E-state index is -0.0447. The monoisotopic (exact) mass is 275 g/mol. The maximum atomic E-state index is 12.1. The summed E-state index contributed by atoms with van der Waals surface area (Å²) in [5.41, 5.74) is 1.37. The van der Waals surface area contributed by atoms with Gasteiger partial charge in [-0.2, -0.15) is 5.10 Å². The van der Waals surface area contributed by atoms with Crippen LogP contribution in [0.3, 0.4) is 0 Å². The van der Waals surface area contributed by atoms with Gasteiger partial charge in [0.2, 0.25) is 0 Å². The van der Waals surface area contributed by atoms with Crippen LogP contribution in [0.5, 0.6) is 0 Å². The molecule has 0 fully saturated rings. The molecule has 100 valence electrons. The lowest BCUT2D eigenvalue weighted by molar-refractivity contribution is 0.103. The number of amides is 1. The molecular weight excluding hydrogens is 258 g/mol. The smallest absolute Gasteiger partial charge is 0.266 e. The predicted molar refractivity (Wildman–Crippen MR) is 76.7 cm³/mol. The van der Waals surface area contributed by atoms with Crippen LogP contribution in [0.1, 0.15) is 39.9 Å². The molecule has 0 saturated carbocycles. The maximum absolute atomic E-state index is 12.1. The molecule has 2 aromatic heterocycles. The first-order valence-corrected chi connectivity index (χ1v) is 7.50. The number of fused-ring (bicyclic) bond motifs is 1. The van der Waals surface area contributed by atoms with Crippen LogP contribution in [0.2, 0.25) is 0 Å². The summed E-state index contributed by atoms with van der Waals surface area (Å²) in [5, 5.41) is 9.38. The number of nitrogens with zero attached hydrogens (tertiary/aromatic N) is 1. The van der Waals surface area contributed by atoms with E-state index in [4.69, 9.17) is 0 Å². The number of H-pyrrole nitrogens is 1. The summed E-state index contributed by atoms with van der Waals surface area (Å²) in [6.07, 6.45) is 6.35. The average molecular weight is 275 g/mol. The molecule has 3 rings (SSSR count). The van der Waals surface area contributed by atoms with Gasteiger partial charge in [0.15, 0.2) is 0 Å². The molecule has 19 heavy (non-hydrogen) atoms. The zero-order chi connectivity index (χ0) is 13.2. The molecule has 1 aliphatic carbocycles. The fraction of sp³-hybridized carbons (Fsp3) is 0.429. The second-order valence-electron chi connectivity index (χ2n) is 5.00. The molecule has 1 amide bonds. The van der Waals surface area contributed by atoms with Crippen molar-refractivity contribution >= 4 is 23.1 Å². The number of hydrogen-bond donors (Lipinski definition) is 2. The second kappa shape index (κ2) is 5.17. The van der Waals surface area contributed by atoms with Crippen LogP contribution in [0.4, 0.5) is 5.82 Å². The topological polar surface area (TPSA) is 57.8 Å². The lowest BCUT2D eigenvalue weighted by atomic mass is 9.87. The van der Waals surface area contributed by atoms with Crippen molar-refractivity contribution in [2.45, 2.75) is 32.6 Å². The molecule has 0 saturated heterocycles. The van der Waals surface area contributed by atoms with Crippen LogP contribution >= 0.6 is 11.3 Å². The fourth-order valence-electron chi connectivity index (χ4n) is 2.57. The molecule has 2 heterocycles. The summed E-state index contributed by atoms with van der Waals surface area (Å²) < 4.78 is 0. The molecule has 0 aliphatic heterocycles. The van der Waals surface area contributed by atoms with Crippen molar-refractivity contribution in [1.82, 2.24) is 10.2 Å². The van der Waals surface area contributed by atoms with Crippen LogP contribution in [-0.4, -0.2) is 16.1 Å². The van der Waals surface area contributed by atoms with Gasteiger partial charge in [0.25, 0.3) is 5.91 Å². The Kier molecular flexibility index (Phi) is 3.38. The van der Waals surface area contributed by atoms with Gasteiger partial charge in [-0.1, -0.05) is 13.3 Å². The highest BCUT2D eigenvalue weighted by Gasteiger charge is 2.22. The summed E-state index contributed by atoms with van der Waals surface area (Å²) in [7, 11) is 0. The van der Waals surface area contributed by atoms with E-state index in [0.717, 1.165) is 23.6 Å². The molecule has 2 N–H and O–H groups in total. The Hall–Kier alpha value is -1.62. The van der Waals surface area contributed by atoms with Crippen molar-refractivity contribution in [2.24, 2.45) is 5.92 Å². The molecule has 0 aromatic carbocycles. The third-order valence-corrected chi connectivity index (χ3v) is 4.97. The van der Waals surface area contributed by atoms with Gasteiger partial charge in [0, 0.05) is 10.9 Å². The molecule has 1 aliphatic rings. The molecule has 1 unspecified atom stereocenters. The molecule has 1 atom stereocenters. The van der Waals surface area contributed by atoms with Crippen molar-refractivity contribution in [3.05, 3.63) is 33.6 Å². The molecule has 2 aromatic rings.